The van der Waals surface area contributed by atoms with E-state index in [2.05, 4.69) is 5.32 Å². The number of halogens is 3. The molecule has 1 aromatic carbocycles. The van der Waals surface area contributed by atoms with Crippen LogP contribution in [-0.4, -0.2) is 36.1 Å². The smallest absolute Gasteiger partial charge is 0.398 e. The highest BCUT2D eigenvalue weighted by Crippen LogP contribution is 2.22. The number of carbonyl (C=O) groups is 1. The summed E-state index contributed by atoms with van der Waals surface area (Å²) in [4.78, 5) is 13.2. The van der Waals surface area contributed by atoms with Crippen molar-refractivity contribution in [3.8, 4) is 0 Å². The Morgan fingerprint density at radius 3 is 2.57 bits per heavy atom. The Balaban J connectivity index is 2.80. The van der Waals surface area contributed by atoms with Gasteiger partial charge in [0.15, 0.2) is 0 Å². The van der Waals surface area contributed by atoms with E-state index in [1.54, 1.807) is 32.0 Å². The predicted molar refractivity (Wildman–Crippen MR) is 77.0 cm³/mol. The molecule has 0 aliphatic carbocycles. The van der Waals surface area contributed by atoms with Gasteiger partial charge in [0, 0.05) is 11.4 Å². The maximum absolute atomic E-state index is 12.5. The average Bonchev–Trinajstić information content (AvgIpc) is 2.39. The summed E-state index contributed by atoms with van der Waals surface area (Å²) in [5.74, 6) is -0.491. The van der Waals surface area contributed by atoms with Crippen molar-refractivity contribution in [1.29, 1.82) is 0 Å². The molecule has 118 valence electrons. The predicted octanol–water partition coefficient (Wildman–Crippen LogP) is 2.79. The Morgan fingerprint density at radius 2 is 2.05 bits per heavy atom. The first-order chi connectivity index (χ1) is 9.65. The van der Waals surface area contributed by atoms with Crippen LogP contribution in [-0.2, 0) is 4.79 Å². The highest BCUT2D eigenvalue weighted by molar-refractivity contribution is 5.95. The quantitative estimate of drug-likeness (QED) is 0.822. The zero-order valence-corrected chi connectivity index (χ0v) is 12.3. The number of carbonyl (C=O) groups excluding carboxylic acids is 1. The van der Waals surface area contributed by atoms with Crippen molar-refractivity contribution in [2.24, 2.45) is 0 Å². The number of hydrogen-bond acceptors (Lipinski definition) is 3. The van der Waals surface area contributed by atoms with Crippen molar-refractivity contribution >= 4 is 17.3 Å². The number of rotatable bonds is 5. The molecular formula is C14H20F3N3O. The Labute approximate surface area is 122 Å². The average molecular weight is 303 g/mol. The van der Waals surface area contributed by atoms with Crippen LogP contribution in [0.3, 0.4) is 0 Å². The van der Waals surface area contributed by atoms with Gasteiger partial charge < -0.3 is 11.1 Å². The van der Waals surface area contributed by atoms with Gasteiger partial charge in [-0.15, -0.1) is 0 Å². The summed E-state index contributed by atoms with van der Waals surface area (Å²) >= 11 is 0. The summed E-state index contributed by atoms with van der Waals surface area (Å²) in [5, 5.41) is 2.62. The number of nitrogens with zero attached hydrogens (tertiary/aromatic N) is 1. The van der Waals surface area contributed by atoms with Crippen molar-refractivity contribution in [3.05, 3.63) is 23.8 Å². The normalized spacial score (nSPS) is 13.3. The molecule has 1 atom stereocenters. The van der Waals surface area contributed by atoms with Gasteiger partial charge in [0.2, 0.25) is 5.91 Å². The van der Waals surface area contributed by atoms with E-state index in [4.69, 9.17) is 5.73 Å². The van der Waals surface area contributed by atoms with Crippen LogP contribution < -0.4 is 11.1 Å². The third kappa shape index (κ3) is 4.93. The fraction of sp³-hybridized carbons (Fsp3) is 0.500. The second-order valence-corrected chi connectivity index (χ2v) is 4.86. The van der Waals surface area contributed by atoms with E-state index < -0.39 is 24.7 Å². The summed E-state index contributed by atoms with van der Waals surface area (Å²) < 4.78 is 37.4. The van der Waals surface area contributed by atoms with Crippen molar-refractivity contribution in [1.82, 2.24) is 4.90 Å². The maximum atomic E-state index is 12.5. The van der Waals surface area contributed by atoms with Crippen LogP contribution in [0.1, 0.15) is 19.4 Å². The van der Waals surface area contributed by atoms with E-state index in [0.29, 0.717) is 16.9 Å². The number of amides is 1. The van der Waals surface area contributed by atoms with Crippen LogP contribution in [0.25, 0.3) is 0 Å². The van der Waals surface area contributed by atoms with Gasteiger partial charge in [0.1, 0.15) is 0 Å². The van der Waals surface area contributed by atoms with Crippen molar-refractivity contribution in [2.75, 3.05) is 24.1 Å². The zero-order valence-electron chi connectivity index (χ0n) is 12.3. The molecule has 1 unspecified atom stereocenters. The highest BCUT2D eigenvalue weighted by Gasteiger charge is 2.34. The van der Waals surface area contributed by atoms with Gasteiger partial charge in [0.25, 0.3) is 0 Å². The molecule has 0 saturated carbocycles. The molecule has 0 bridgehead atoms. The van der Waals surface area contributed by atoms with E-state index in [1.807, 2.05) is 0 Å². The molecule has 0 heterocycles. The number of nitrogens with two attached hydrogens (primary N) is 1. The minimum atomic E-state index is -4.34. The summed E-state index contributed by atoms with van der Waals surface area (Å²) in [5.41, 5.74) is 7.45. The Morgan fingerprint density at radius 1 is 1.43 bits per heavy atom. The number of nitrogen functional groups attached to an aromatic ring is 1. The van der Waals surface area contributed by atoms with Crippen LogP contribution in [0, 0.1) is 6.92 Å². The standard InChI is InChI=1S/C14H20F3N3O/c1-4-20(8-14(15,16)17)10(3)13(21)19-12-7-5-6-11(18)9(12)2/h5-7,10H,4,8,18H2,1-3H3,(H,19,21). The van der Waals surface area contributed by atoms with E-state index in [1.165, 1.54) is 6.92 Å². The Bertz CT molecular complexity index is 503. The number of benzene rings is 1. The van der Waals surface area contributed by atoms with Gasteiger partial charge in [-0.05, 0) is 38.1 Å². The minimum Gasteiger partial charge on any atom is -0.398 e. The molecule has 0 saturated heterocycles. The van der Waals surface area contributed by atoms with Crippen LogP contribution in [0.5, 0.6) is 0 Å². The molecule has 1 rings (SSSR count). The number of hydrogen-bond donors (Lipinski definition) is 2. The molecule has 21 heavy (non-hydrogen) atoms. The second kappa shape index (κ2) is 6.80. The largest absolute Gasteiger partial charge is 0.401 e. The number of nitrogens with one attached hydrogen (secondary N) is 1. The first kappa shape index (κ1) is 17.3. The Kier molecular flexibility index (Phi) is 5.60. The molecule has 4 nitrogen and oxygen atoms in total. The molecule has 0 aromatic heterocycles. The first-order valence-corrected chi connectivity index (χ1v) is 6.62. The molecule has 0 aliphatic heterocycles. The monoisotopic (exact) mass is 303 g/mol. The van der Waals surface area contributed by atoms with Gasteiger partial charge in [0.05, 0.1) is 12.6 Å². The number of anilines is 2. The fourth-order valence-corrected chi connectivity index (χ4v) is 1.94. The van der Waals surface area contributed by atoms with Crippen LogP contribution >= 0.6 is 0 Å². The third-order valence-corrected chi connectivity index (χ3v) is 3.35. The third-order valence-electron chi connectivity index (χ3n) is 3.35. The summed E-state index contributed by atoms with van der Waals surface area (Å²) in [6, 6.07) is 4.14. The summed E-state index contributed by atoms with van der Waals surface area (Å²) in [6.07, 6.45) is -4.34. The summed E-state index contributed by atoms with van der Waals surface area (Å²) in [7, 11) is 0. The molecule has 1 aromatic rings. The van der Waals surface area contributed by atoms with E-state index in [0.717, 1.165) is 4.90 Å². The van der Waals surface area contributed by atoms with Gasteiger partial charge in [-0.25, -0.2) is 0 Å². The molecule has 3 N–H and O–H groups in total. The number of likely N-dealkylation sites (N-methyl/N-ethyl adjacent to an activating group) is 1. The first-order valence-electron chi connectivity index (χ1n) is 6.62. The zero-order chi connectivity index (χ0) is 16.2. The van der Waals surface area contributed by atoms with E-state index >= 15 is 0 Å². The Hall–Kier alpha value is -1.76. The lowest BCUT2D eigenvalue weighted by Crippen LogP contribution is -2.46. The topological polar surface area (TPSA) is 58.4 Å². The molecular weight excluding hydrogens is 283 g/mol. The van der Waals surface area contributed by atoms with Crippen molar-refractivity contribution in [3.63, 3.8) is 0 Å². The molecule has 0 radical (unpaired) electrons. The van der Waals surface area contributed by atoms with E-state index in [9.17, 15) is 18.0 Å². The molecule has 0 fully saturated rings. The summed E-state index contributed by atoms with van der Waals surface area (Å²) in [6.45, 7) is 3.79. The lowest BCUT2D eigenvalue weighted by atomic mass is 10.1. The van der Waals surface area contributed by atoms with Gasteiger partial charge in [-0.1, -0.05) is 13.0 Å². The highest BCUT2D eigenvalue weighted by atomic mass is 19.4. The van der Waals surface area contributed by atoms with Crippen molar-refractivity contribution in [2.45, 2.75) is 33.0 Å². The lowest BCUT2D eigenvalue weighted by Gasteiger charge is -2.28. The fourth-order valence-electron chi connectivity index (χ4n) is 1.94. The molecule has 7 heteroatoms. The van der Waals surface area contributed by atoms with Crippen molar-refractivity contribution < 1.29 is 18.0 Å². The van der Waals surface area contributed by atoms with Gasteiger partial charge in [-0.3, -0.25) is 9.69 Å². The lowest BCUT2D eigenvalue weighted by molar-refractivity contribution is -0.152. The van der Waals surface area contributed by atoms with E-state index in [-0.39, 0.29) is 6.54 Å². The van der Waals surface area contributed by atoms with Crippen LogP contribution in [0.2, 0.25) is 0 Å². The SMILES string of the molecule is CCN(CC(F)(F)F)C(C)C(=O)Nc1cccc(N)c1C. The maximum Gasteiger partial charge on any atom is 0.401 e. The van der Waals surface area contributed by atoms with Crippen LogP contribution in [0.15, 0.2) is 18.2 Å². The second-order valence-electron chi connectivity index (χ2n) is 4.86. The van der Waals surface area contributed by atoms with Gasteiger partial charge >= 0.3 is 6.18 Å². The molecule has 1 amide bonds. The molecule has 0 spiro atoms. The number of alkyl halides is 3. The van der Waals surface area contributed by atoms with Crippen LogP contribution in [0.4, 0.5) is 24.5 Å². The minimum absolute atomic E-state index is 0.129. The molecule has 0 aliphatic rings. The van der Waals surface area contributed by atoms with Gasteiger partial charge in [-0.2, -0.15) is 13.2 Å².